The zero-order chi connectivity index (χ0) is 27.8. The Morgan fingerprint density at radius 2 is 1.81 bits per heavy atom. The number of carboxylic acids is 1. The van der Waals surface area contributed by atoms with Gasteiger partial charge in [-0.1, -0.05) is 11.6 Å². The van der Waals surface area contributed by atoms with Gasteiger partial charge in [0.2, 0.25) is 5.89 Å². The van der Waals surface area contributed by atoms with E-state index in [0.29, 0.717) is 16.3 Å². The van der Waals surface area contributed by atoms with Crippen molar-refractivity contribution in [3.05, 3.63) is 69.2 Å². The molecule has 202 valence electrons. The largest absolute Gasteiger partial charge is 0.481 e. The zero-order valence-electron chi connectivity index (χ0n) is 20.5. The lowest BCUT2D eigenvalue weighted by molar-refractivity contribution is -0.870. The Kier molecular flexibility index (Phi) is 10.3. The molecule has 0 spiro atoms. The highest BCUT2D eigenvalue weighted by Crippen LogP contribution is 2.30. The molecule has 0 aliphatic carbocycles. The third-order valence-corrected chi connectivity index (χ3v) is 5.08. The maximum Gasteiger partial charge on any atom is 0.437 e. The normalized spacial score (nSPS) is 11.6. The lowest BCUT2D eigenvalue weighted by atomic mass is 10.1. The van der Waals surface area contributed by atoms with Crippen molar-refractivity contribution >= 4 is 17.6 Å². The van der Waals surface area contributed by atoms with Crippen LogP contribution in [-0.2, 0) is 17.5 Å². The summed E-state index contributed by atoms with van der Waals surface area (Å²) in [5.74, 6) is -1.33. The molecule has 3 aromatic rings. The molecular weight excluding hydrogens is 519 g/mol. The van der Waals surface area contributed by atoms with Crippen molar-refractivity contribution in [3.63, 3.8) is 0 Å². The first-order chi connectivity index (χ1) is 17.2. The predicted octanol–water partition coefficient (Wildman–Crippen LogP) is 4.11. The van der Waals surface area contributed by atoms with Crippen molar-refractivity contribution < 1.29 is 41.8 Å². The predicted molar refractivity (Wildman–Crippen MR) is 129 cm³/mol. The molecule has 9 nitrogen and oxygen atoms in total. The van der Waals surface area contributed by atoms with Crippen LogP contribution in [0.25, 0.3) is 11.5 Å². The summed E-state index contributed by atoms with van der Waals surface area (Å²) in [5.41, 5.74) is -0.138. The number of nitrogens with zero attached hydrogens (tertiary/aromatic N) is 3. The molecule has 37 heavy (non-hydrogen) atoms. The molecule has 0 bridgehead atoms. The minimum Gasteiger partial charge on any atom is -0.481 e. The molecule has 0 radical (unpaired) electrons. The fourth-order valence-corrected chi connectivity index (χ4v) is 3.27. The van der Waals surface area contributed by atoms with Gasteiger partial charge < -0.3 is 23.9 Å². The number of alkyl halides is 3. The Morgan fingerprint density at radius 3 is 2.35 bits per heavy atom. The van der Waals surface area contributed by atoms with Crippen molar-refractivity contribution in [3.8, 4) is 17.2 Å². The average Bonchev–Trinajstić information content (AvgIpc) is 3.15. The maximum absolute atomic E-state index is 12.6. The maximum atomic E-state index is 12.6. The van der Waals surface area contributed by atoms with Crippen LogP contribution in [0.4, 0.5) is 13.2 Å². The number of carboxylic acid groups (broad SMARTS) is 1. The number of ether oxygens (including phenoxy) is 1. The summed E-state index contributed by atoms with van der Waals surface area (Å²) >= 11 is 5.93. The third kappa shape index (κ3) is 9.90. The fourth-order valence-electron chi connectivity index (χ4n) is 3.07. The second-order valence-electron chi connectivity index (χ2n) is 8.94. The number of aliphatic hydroxyl groups is 1. The second-order valence-corrected chi connectivity index (χ2v) is 9.38. The van der Waals surface area contributed by atoms with Gasteiger partial charge in [-0.15, -0.1) is 5.10 Å². The van der Waals surface area contributed by atoms with Crippen LogP contribution in [0.5, 0.6) is 5.75 Å². The lowest BCUT2D eigenvalue weighted by Crippen LogP contribution is -2.35. The molecule has 0 amide bonds. The van der Waals surface area contributed by atoms with Crippen molar-refractivity contribution in [2.45, 2.75) is 25.6 Å². The van der Waals surface area contributed by atoms with Crippen LogP contribution in [-0.4, -0.2) is 64.9 Å². The highest BCUT2D eigenvalue weighted by molar-refractivity contribution is 6.30. The zero-order valence-corrected chi connectivity index (χ0v) is 21.2. The smallest absolute Gasteiger partial charge is 0.437 e. The van der Waals surface area contributed by atoms with Gasteiger partial charge in [0, 0.05) is 22.6 Å². The second kappa shape index (κ2) is 12.7. The molecule has 13 heteroatoms. The van der Waals surface area contributed by atoms with Crippen LogP contribution in [0.3, 0.4) is 0 Å². The summed E-state index contributed by atoms with van der Waals surface area (Å²) in [6.45, 7) is 0.282. The molecule has 1 heterocycles. The third-order valence-electron chi connectivity index (χ3n) is 4.85. The topological polar surface area (TPSA) is 115 Å². The van der Waals surface area contributed by atoms with Gasteiger partial charge in [0.25, 0.3) is 0 Å². The highest BCUT2D eigenvalue weighted by Gasteiger charge is 2.30. The molecule has 0 saturated heterocycles. The van der Waals surface area contributed by atoms with Gasteiger partial charge in [0.05, 0.1) is 46.2 Å². The highest BCUT2D eigenvalue weighted by atomic mass is 35.5. The molecule has 0 fully saturated rings. The number of hydrogen-bond acceptors (Lipinski definition) is 6. The first-order valence-electron chi connectivity index (χ1n) is 11.0. The van der Waals surface area contributed by atoms with Crippen molar-refractivity contribution in [2.75, 3.05) is 34.5 Å². The molecule has 0 atom stereocenters. The van der Waals surface area contributed by atoms with Crippen molar-refractivity contribution in [2.24, 2.45) is 0 Å². The molecule has 0 aliphatic heterocycles. The SMILES string of the molecule is C[N+](C)(C)CCCC(=O)O.O=c1oc(-c2ccc(C(F)(F)F)cc2)nn1Cc1cc(Cl)ccc1OCO. The van der Waals surface area contributed by atoms with Crippen molar-refractivity contribution in [1.29, 1.82) is 0 Å². The molecule has 2 N–H and O–H groups in total. The molecule has 1 aromatic heterocycles. The Labute approximate surface area is 215 Å². The molecule has 0 aliphatic rings. The van der Waals surface area contributed by atoms with E-state index in [1.165, 1.54) is 12.1 Å². The van der Waals surface area contributed by atoms with Crippen LogP contribution in [0, 0.1) is 0 Å². The number of aromatic nitrogens is 2. The van der Waals surface area contributed by atoms with E-state index in [9.17, 15) is 22.8 Å². The Hall–Kier alpha value is -3.35. The number of benzene rings is 2. The number of rotatable bonds is 9. The molecule has 0 saturated carbocycles. The first kappa shape index (κ1) is 29.9. The fraction of sp³-hybridized carbons (Fsp3) is 0.375. The molecule has 2 aromatic carbocycles. The van der Waals surface area contributed by atoms with Gasteiger partial charge in [-0.25, -0.2) is 4.79 Å². The van der Waals surface area contributed by atoms with Crippen LogP contribution in [0.15, 0.2) is 51.7 Å². The van der Waals surface area contributed by atoms with E-state index in [4.69, 9.17) is 31.0 Å². The Morgan fingerprint density at radius 1 is 1.16 bits per heavy atom. The minimum absolute atomic E-state index is 0.0706. The summed E-state index contributed by atoms with van der Waals surface area (Å²) in [6.07, 6.45) is -3.41. The van der Waals surface area contributed by atoms with Crippen LogP contribution >= 0.6 is 11.6 Å². The van der Waals surface area contributed by atoms with Gasteiger partial charge in [0.15, 0.2) is 6.79 Å². The molecule has 0 unspecified atom stereocenters. The van der Waals surface area contributed by atoms with Gasteiger partial charge in [0.1, 0.15) is 5.75 Å². The number of aliphatic hydroxyl groups excluding tert-OH is 1. The summed E-state index contributed by atoms with van der Waals surface area (Å²) in [6, 6.07) is 8.68. The van der Waals surface area contributed by atoms with Crippen LogP contribution in [0.2, 0.25) is 5.02 Å². The minimum atomic E-state index is -4.46. The monoisotopic (exact) mass is 546 g/mol. The van der Waals surface area contributed by atoms with E-state index in [1.54, 1.807) is 6.07 Å². The van der Waals surface area contributed by atoms with E-state index in [1.807, 2.05) is 0 Å². The van der Waals surface area contributed by atoms with E-state index in [0.717, 1.165) is 46.4 Å². The van der Waals surface area contributed by atoms with Gasteiger partial charge in [-0.05, 0) is 42.5 Å². The van der Waals surface area contributed by atoms with E-state index >= 15 is 0 Å². The number of hydrogen-bond donors (Lipinski definition) is 2. The van der Waals surface area contributed by atoms with E-state index in [-0.39, 0.29) is 24.4 Å². The van der Waals surface area contributed by atoms with Crippen molar-refractivity contribution in [1.82, 2.24) is 9.78 Å². The van der Waals surface area contributed by atoms with Gasteiger partial charge >= 0.3 is 17.9 Å². The number of carbonyl (C=O) groups is 1. The summed E-state index contributed by atoms with van der Waals surface area (Å²) < 4.78 is 49.8. The number of quaternary nitrogens is 1. The van der Waals surface area contributed by atoms with Gasteiger partial charge in [-0.2, -0.15) is 17.9 Å². The van der Waals surface area contributed by atoms with E-state index < -0.39 is 30.3 Å². The van der Waals surface area contributed by atoms with Crippen LogP contribution < -0.4 is 10.5 Å². The van der Waals surface area contributed by atoms with Crippen LogP contribution in [0.1, 0.15) is 24.0 Å². The Balaban J connectivity index is 0.000000410. The first-order valence-corrected chi connectivity index (χ1v) is 11.4. The lowest BCUT2D eigenvalue weighted by Gasteiger charge is -2.23. The van der Waals surface area contributed by atoms with Gasteiger partial charge in [-0.3, -0.25) is 4.79 Å². The summed E-state index contributed by atoms with van der Waals surface area (Å²) in [7, 11) is 6.17. The average molecular weight is 547 g/mol. The summed E-state index contributed by atoms with van der Waals surface area (Å²) in [4.78, 5) is 22.1. The Bertz CT molecular complexity index is 1230. The van der Waals surface area contributed by atoms with E-state index in [2.05, 4.69) is 26.2 Å². The standard InChI is InChI=1S/C17H12ClF3N2O4.C7H15NO2/c18-13-5-6-14(26-9-24)11(7-13)8-23-16(25)27-15(22-23)10-1-3-12(4-2-10)17(19,20)21;1-8(2,3)6-4-5-7(9)10/h1-7,24H,8-9H2;4-6H2,1-3H3/p+1. The quantitative estimate of drug-likeness (QED) is 0.306. The number of halogens is 4. The molecular formula is C24H28ClF3N3O6+. The summed E-state index contributed by atoms with van der Waals surface area (Å²) in [5, 5.41) is 21.6. The number of aliphatic carboxylic acids is 1. The molecule has 3 rings (SSSR count).